The van der Waals surface area contributed by atoms with E-state index in [0.717, 1.165) is 12.5 Å². The van der Waals surface area contributed by atoms with E-state index in [9.17, 15) is 10.2 Å². The molecule has 3 N–H and O–H groups in total. The Balaban J connectivity index is 3.32. The molecule has 0 aliphatic carbocycles. The third kappa shape index (κ3) is 18.5. The van der Waals surface area contributed by atoms with Gasteiger partial charge in [-0.15, -0.1) is 0 Å². The zero-order valence-electron chi connectivity index (χ0n) is 18.0. The first-order valence-corrected chi connectivity index (χ1v) is 11.4. The normalized spacial score (nSPS) is 14.4. The molecule has 0 fully saturated rings. The summed E-state index contributed by atoms with van der Waals surface area (Å²) in [6.07, 6.45) is 19.8. The molecule has 0 aliphatic rings. The van der Waals surface area contributed by atoms with Gasteiger partial charge in [0.2, 0.25) is 6.29 Å². The SMILES string of the molecule is CCCCCCCCCCCCCCCC(C)CCOC(O)/C(O)=C/CO. The molecular formula is C23H46O4. The van der Waals surface area contributed by atoms with E-state index >= 15 is 0 Å². The Morgan fingerprint density at radius 3 is 1.78 bits per heavy atom. The molecule has 0 aromatic rings. The number of hydrogen-bond acceptors (Lipinski definition) is 4. The summed E-state index contributed by atoms with van der Waals surface area (Å²) in [5.41, 5.74) is 0. The predicted octanol–water partition coefficient (Wildman–Crippen LogP) is 6.26. The van der Waals surface area contributed by atoms with Crippen molar-refractivity contribution in [3.8, 4) is 0 Å². The molecule has 0 aliphatic heterocycles. The number of aliphatic hydroxyl groups is 3. The molecule has 0 rings (SSSR count). The van der Waals surface area contributed by atoms with Crippen LogP contribution < -0.4 is 0 Å². The number of rotatable bonds is 20. The molecule has 0 spiro atoms. The lowest BCUT2D eigenvalue weighted by Crippen LogP contribution is -2.17. The minimum absolute atomic E-state index is 0.304. The molecule has 0 aromatic heterocycles. The van der Waals surface area contributed by atoms with Crippen molar-refractivity contribution in [2.75, 3.05) is 13.2 Å². The molecule has 0 heterocycles. The van der Waals surface area contributed by atoms with Crippen molar-refractivity contribution in [3.05, 3.63) is 11.8 Å². The molecule has 0 amide bonds. The number of aliphatic hydroxyl groups excluding tert-OH is 3. The van der Waals surface area contributed by atoms with Gasteiger partial charge in [-0.2, -0.15) is 0 Å². The Bertz CT molecular complexity index is 330. The highest BCUT2D eigenvalue weighted by atomic mass is 16.6. The maximum absolute atomic E-state index is 9.51. The summed E-state index contributed by atoms with van der Waals surface area (Å²) < 4.78 is 5.17. The number of unbranched alkanes of at least 4 members (excludes halogenated alkanes) is 12. The molecule has 27 heavy (non-hydrogen) atoms. The van der Waals surface area contributed by atoms with Crippen LogP contribution in [0.4, 0.5) is 0 Å². The number of hydrogen-bond donors (Lipinski definition) is 3. The van der Waals surface area contributed by atoms with Crippen LogP contribution >= 0.6 is 0 Å². The predicted molar refractivity (Wildman–Crippen MR) is 114 cm³/mol. The van der Waals surface area contributed by atoms with Crippen LogP contribution in [0.3, 0.4) is 0 Å². The Kier molecular flexibility index (Phi) is 19.7. The van der Waals surface area contributed by atoms with E-state index in [2.05, 4.69) is 13.8 Å². The Morgan fingerprint density at radius 2 is 1.30 bits per heavy atom. The van der Waals surface area contributed by atoms with Gasteiger partial charge in [0.25, 0.3) is 0 Å². The van der Waals surface area contributed by atoms with Crippen LogP contribution in [0.25, 0.3) is 0 Å². The highest BCUT2D eigenvalue weighted by molar-refractivity contribution is 4.93. The largest absolute Gasteiger partial charge is 0.507 e. The second kappa shape index (κ2) is 20.2. The van der Waals surface area contributed by atoms with E-state index in [1.165, 1.54) is 89.9 Å². The zero-order valence-corrected chi connectivity index (χ0v) is 18.0. The minimum atomic E-state index is -1.32. The third-order valence-electron chi connectivity index (χ3n) is 5.24. The van der Waals surface area contributed by atoms with Crippen LogP contribution in [0.15, 0.2) is 11.8 Å². The van der Waals surface area contributed by atoms with Crippen LogP contribution in [-0.4, -0.2) is 34.8 Å². The van der Waals surface area contributed by atoms with Crippen molar-refractivity contribution in [2.45, 2.75) is 116 Å². The average molecular weight is 387 g/mol. The van der Waals surface area contributed by atoms with Gasteiger partial charge >= 0.3 is 0 Å². The van der Waals surface area contributed by atoms with Crippen LogP contribution in [-0.2, 0) is 4.74 Å². The second-order valence-corrected chi connectivity index (χ2v) is 7.96. The molecule has 2 unspecified atom stereocenters. The summed E-state index contributed by atoms with van der Waals surface area (Å²) in [6, 6.07) is 0. The molecule has 162 valence electrons. The van der Waals surface area contributed by atoms with Crippen molar-refractivity contribution in [1.82, 2.24) is 0 Å². The maximum atomic E-state index is 9.51. The molecular weight excluding hydrogens is 340 g/mol. The fourth-order valence-electron chi connectivity index (χ4n) is 3.32. The highest BCUT2D eigenvalue weighted by Crippen LogP contribution is 2.16. The van der Waals surface area contributed by atoms with E-state index in [0.29, 0.717) is 12.5 Å². The lowest BCUT2D eigenvalue weighted by atomic mass is 9.99. The fourth-order valence-corrected chi connectivity index (χ4v) is 3.32. The van der Waals surface area contributed by atoms with E-state index < -0.39 is 6.29 Å². The van der Waals surface area contributed by atoms with Gasteiger partial charge in [0.1, 0.15) is 5.76 Å². The quantitative estimate of drug-likeness (QED) is 0.131. The summed E-state index contributed by atoms with van der Waals surface area (Å²) >= 11 is 0. The Morgan fingerprint density at radius 1 is 0.815 bits per heavy atom. The van der Waals surface area contributed by atoms with Gasteiger partial charge in [0, 0.05) is 0 Å². The summed E-state index contributed by atoms with van der Waals surface area (Å²) in [7, 11) is 0. The monoisotopic (exact) mass is 386 g/mol. The fraction of sp³-hybridized carbons (Fsp3) is 0.913. The molecule has 0 saturated heterocycles. The van der Waals surface area contributed by atoms with Crippen molar-refractivity contribution in [3.63, 3.8) is 0 Å². The first-order chi connectivity index (χ1) is 13.1. The molecule has 4 heteroatoms. The Hall–Kier alpha value is -0.580. The van der Waals surface area contributed by atoms with Gasteiger partial charge < -0.3 is 20.1 Å². The first-order valence-electron chi connectivity index (χ1n) is 11.4. The molecule has 2 atom stereocenters. The summed E-state index contributed by atoms with van der Waals surface area (Å²) in [4.78, 5) is 0. The van der Waals surface area contributed by atoms with Gasteiger partial charge in [-0.1, -0.05) is 104 Å². The van der Waals surface area contributed by atoms with Crippen LogP contribution in [0.5, 0.6) is 0 Å². The van der Waals surface area contributed by atoms with Crippen molar-refractivity contribution in [2.24, 2.45) is 5.92 Å². The first kappa shape index (κ1) is 26.4. The maximum Gasteiger partial charge on any atom is 0.213 e. The molecule has 0 saturated carbocycles. The summed E-state index contributed by atoms with van der Waals surface area (Å²) in [5.74, 6) is 0.246. The minimum Gasteiger partial charge on any atom is -0.507 e. The van der Waals surface area contributed by atoms with Crippen molar-refractivity contribution >= 4 is 0 Å². The van der Waals surface area contributed by atoms with Crippen LogP contribution in [0, 0.1) is 5.92 Å². The molecule has 4 nitrogen and oxygen atoms in total. The Labute approximate surface area is 168 Å². The lowest BCUT2D eigenvalue weighted by molar-refractivity contribution is -0.0968. The molecule has 0 radical (unpaired) electrons. The standard InChI is InChI=1S/C23H46O4/c1-3-4-5-6-7-8-9-10-11-12-13-14-15-16-21(2)18-20-27-23(26)22(25)17-19-24/h17,21,23-26H,3-16,18-20H2,1-2H3/b22-17-. The number of ether oxygens (including phenoxy) is 1. The zero-order chi connectivity index (χ0) is 20.2. The van der Waals surface area contributed by atoms with Gasteiger partial charge in [-0.3, -0.25) is 0 Å². The van der Waals surface area contributed by atoms with Crippen LogP contribution in [0.1, 0.15) is 110 Å². The van der Waals surface area contributed by atoms with Gasteiger partial charge in [-0.05, 0) is 18.4 Å². The third-order valence-corrected chi connectivity index (χ3v) is 5.24. The van der Waals surface area contributed by atoms with Crippen LogP contribution in [0.2, 0.25) is 0 Å². The van der Waals surface area contributed by atoms with Gasteiger partial charge in [0.05, 0.1) is 13.2 Å². The van der Waals surface area contributed by atoms with Crippen molar-refractivity contribution < 1.29 is 20.1 Å². The van der Waals surface area contributed by atoms with Crippen molar-refractivity contribution in [1.29, 1.82) is 0 Å². The summed E-state index contributed by atoms with van der Waals surface area (Å²) in [6.45, 7) is 4.60. The summed E-state index contributed by atoms with van der Waals surface area (Å²) in [5, 5.41) is 27.5. The van der Waals surface area contributed by atoms with E-state index in [1.807, 2.05) is 0 Å². The molecule has 0 bridgehead atoms. The average Bonchev–Trinajstić information content (AvgIpc) is 2.65. The smallest absolute Gasteiger partial charge is 0.213 e. The molecule has 0 aromatic carbocycles. The lowest BCUT2D eigenvalue weighted by Gasteiger charge is -2.14. The van der Waals surface area contributed by atoms with E-state index in [4.69, 9.17) is 9.84 Å². The van der Waals surface area contributed by atoms with Gasteiger partial charge in [0.15, 0.2) is 0 Å². The van der Waals surface area contributed by atoms with E-state index in [-0.39, 0.29) is 12.4 Å². The second-order valence-electron chi connectivity index (χ2n) is 7.96. The highest BCUT2D eigenvalue weighted by Gasteiger charge is 2.10. The topological polar surface area (TPSA) is 69.9 Å². The van der Waals surface area contributed by atoms with E-state index in [1.54, 1.807) is 0 Å². The van der Waals surface area contributed by atoms with Gasteiger partial charge in [-0.25, -0.2) is 0 Å².